The molecule has 0 amide bonds. The van der Waals surface area contributed by atoms with Gasteiger partial charge < -0.3 is 10.4 Å². The minimum atomic E-state index is -4.88. The van der Waals surface area contributed by atoms with Crippen molar-refractivity contribution >= 4 is 12.0 Å². The predicted molar refractivity (Wildman–Crippen MR) is 51.0 cm³/mol. The van der Waals surface area contributed by atoms with Gasteiger partial charge in [-0.05, 0) is 13.0 Å². The van der Waals surface area contributed by atoms with Crippen molar-refractivity contribution in [2.24, 2.45) is 4.99 Å². The number of hydrogen-bond donors (Lipinski definition) is 2. The van der Waals surface area contributed by atoms with E-state index >= 15 is 0 Å². The van der Waals surface area contributed by atoms with Gasteiger partial charge in [0.2, 0.25) is 0 Å². The van der Waals surface area contributed by atoms with E-state index < -0.39 is 11.9 Å². The average molecular weight is 231 g/mol. The average Bonchev–Trinajstić information content (AvgIpc) is 2.16. The monoisotopic (exact) mass is 231 g/mol. The molecule has 0 saturated carbocycles. The molecule has 16 heavy (non-hydrogen) atoms. The number of aryl methyl sites for hydroxylation is 1. The number of rotatable bonds is 0. The molecule has 0 aliphatic carbocycles. The van der Waals surface area contributed by atoms with E-state index in [1.54, 1.807) is 0 Å². The van der Waals surface area contributed by atoms with Gasteiger partial charge in [0.05, 0.1) is 17.6 Å². The van der Waals surface area contributed by atoms with E-state index in [0.29, 0.717) is 0 Å². The molecular weight excluding hydrogens is 223 g/mol. The summed E-state index contributed by atoms with van der Waals surface area (Å²) in [4.78, 5) is 6.82. The highest BCUT2D eigenvalue weighted by Crippen LogP contribution is 2.45. The fraction of sp³-hybridized carbons (Fsp3) is 0.333. The molecule has 0 fully saturated rings. The molecular formula is C9H8F3N3O. The molecule has 1 aliphatic heterocycles. The molecule has 4 nitrogen and oxygen atoms in total. The largest absolute Gasteiger partial charge is 0.443 e. The van der Waals surface area contributed by atoms with Crippen LogP contribution in [0.1, 0.15) is 11.3 Å². The second kappa shape index (κ2) is 3.18. The van der Waals surface area contributed by atoms with Crippen LogP contribution in [0, 0.1) is 6.92 Å². The third-order valence-electron chi connectivity index (χ3n) is 2.36. The van der Waals surface area contributed by atoms with Crippen molar-refractivity contribution in [3.05, 3.63) is 23.5 Å². The first kappa shape index (κ1) is 10.9. The fourth-order valence-corrected chi connectivity index (χ4v) is 1.60. The molecule has 7 heteroatoms. The normalized spacial score (nSPS) is 23.8. The van der Waals surface area contributed by atoms with Crippen molar-refractivity contribution in [2.45, 2.75) is 18.8 Å². The van der Waals surface area contributed by atoms with Crippen LogP contribution in [0.5, 0.6) is 0 Å². The van der Waals surface area contributed by atoms with E-state index in [1.165, 1.54) is 19.2 Å². The lowest BCUT2D eigenvalue weighted by atomic mass is 9.98. The Morgan fingerprint density at radius 3 is 2.75 bits per heavy atom. The van der Waals surface area contributed by atoms with Crippen molar-refractivity contribution in [3.8, 4) is 0 Å². The van der Waals surface area contributed by atoms with Gasteiger partial charge in [0.25, 0.3) is 5.72 Å². The summed E-state index contributed by atoms with van der Waals surface area (Å²) in [6, 6.07) is 1.35. The Morgan fingerprint density at radius 1 is 1.44 bits per heavy atom. The van der Waals surface area contributed by atoms with Crippen molar-refractivity contribution in [1.82, 2.24) is 4.98 Å². The van der Waals surface area contributed by atoms with E-state index in [2.05, 4.69) is 15.3 Å². The van der Waals surface area contributed by atoms with Crippen LogP contribution in [-0.4, -0.2) is 22.6 Å². The van der Waals surface area contributed by atoms with Crippen molar-refractivity contribution in [3.63, 3.8) is 0 Å². The summed E-state index contributed by atoms with van der Waals surface area (Å²) in [5.41, 5.74) is -3.33. The van der Waals surface area contributed by atoms with Gasteiger partial charge in [-0.1, -0.05) is 0 Å². The Hall–Kier alpha value is -1.63. The highest BCUT2D eigenvalue weighted by molar-refractivity contribution is 5.81. The smallest absolute Gasteiger partial charge is 0.358 e. The Bertz CT molecular complexity index is 458. The van der Waals surface area contributed by atoms with Gasteiger partial charge in [0.1, 0.15) is 0 Å². The van der Waals surface area contributed by atoms with Gasteiger partial charge in [-0.2, -0.15) is 13.2 Å². The second-order valence-electron chi connectivity index (χ2n) is 3.39. The number of aromatic nitrogens is 1. The minimum Gasteiger partial charge on any atom is -0.358 e. The second-order valence-corrected chi connectivity index (χ2v) is 3.39. The van der Waals surface area contributed by atoms with Crippen LogP contribution in [0.15, 0.2) is 17.3 Å². The molecule has 86 valence electrons. The van der Waals surface area contributed by atoms with E-state index in [1.807, 2.05) is 0 Å². The number of fused-ring (bicyclic) bond motifs is 1. The van der Waals surface area contributed by atoms with Gasteiger partial charge in [0, 0.05) is 11.9 Å². The SMILES string of the molecule is Cc1nccc2c1[C@](O)(C(F)(F)F)N=CN2. The Labute approximate surface area is 88.8 Å². The van der Waals surface area contributed by atoms with Crippen LogP contribution in [0.4, 0.5) is 18.9 Å². The van der Waals surface area contributed by atoms with Crippen LogP contribution in [0.25, 0.3) is 0 Å². The summed E-state index contributed by atoms with van der Waals surface area (Å²) < 4.78 is 38.3. The summed E-state index contributed by atoms with van der Waals surface area (Å²) >= 11 is 0. The number of pyridine rings is 1. The van der Waals surface area contributed by atoms with Crippen molar-refractivity contribution < 1.29 is 18.3 Å². The van der Waals surface area contributed by atoms with Crippen LogP contribution >= 0.6 is 0 Å². The minimum absolute atomic E-state index is 0.0849. The van der Waals surface area contributed by atoms with Gasteiger partial charge in [-0.3, -0.25) is 4.98 Å². The number of nitrogens with one attached hydrogen (secondary N) is 1. The summed E-state index contributed by atoms with van der Waals surface area (Å²) in [6.45, 7) is 1.39. The lowest BCUT2D eigenvalue weighted by Crippen LogP contribution is -2.44. The molecule has 2 N–H and O–H groups in total. The first-order valence-electron chi connectivity index (χ1n) is 4.41. The lowest BCUT2D eigenvalue weighted by molar-refractivity contribution is -0.263. The molecule has 1 aromatic heterocycles. The number of halogens is 3. The maximum atomic E-state index is 12.8. The number of hydrogen-bond acceptors (Lipinski definition) is 4. The summed E-state index contributed by atoms with van der Waals surface area (Å²) in [7, 11) is 0. The van der Waals surface area contributed by atoms with Crippen LogP contribution < -0.4 is 5.32 Å². The maximum absolute atomic E-state index is 12.8. The number of nitrogens with zero attached hydrogens (tertiary/aromatic N) is 2. The van der Waals surface area contributed by atoms with E-state index in [-0.39, 0.29) is 16.9 Å². The third-order valence-corrected chi connectivity index (χ3v) is 2.36. The fourth-order valence-electron chi connectivity index (χ4n) is 1.60. The first-order valence-corrected chi connectivity index (χ1v) is 4.41. The van der Waals surface area contributed by atoms with Gasteiger partial charge in [0.15, 0.2) is 0 Å². The Balaban J connectivity index is 2.69. The van der Waals surface area contributed by atoms with Crippen LogP contribution in [0.3, 0.4) is 0 Å². The number of aliphatic hydroxyl groups is 1. The summed E-state index contributed by atoms with van der Waals surface area (Å²) in [5, 5.41) is 12.2. The zero-order valence-corrected chi connectivity index (χ0v) is 8.21. The molecule has 0 aromatic carbocycles. The number of anilines is 1. The van der Waals surface area contributed by atoms with Gasteiger partial charge in [-0.25, -0.2) is 4.99 Å². The van der Waals surface area contributed by atoms with Crippen LogP contribution in [-0.2, 0) is 5.72 Å². The first-order chi connectivity index (χ1) is 7.36. The summed E-state index contributed by atoms with van der Waals surface area (Å²) in [5.74, 6) is 0. The van der Waals surface area contributed by atoms with E-state index in [9.17, 15) is 18.3 Å². The zero-order valence-electron chi connectivity index (χ0n) is 8.21. The molecule has 2 heterocycles. The molecule has 1 aromatic rings. The molecule has 0 saturated heterocycles. The molecule has 0 unspecified atom stereocenters. The highest BCUT2D eigenvalue weighted by Gasteiger charge is 2.58. The third kappa shape index (κ3) is 1.35. The topological polar surface area (TPSA) is 57.5 Å². The van der Waals surface area contributed by atoms with Crippen molar-refractivity contribution in [1.29, 1.82) is 0 Å². The number of aliphatic imine (C=N–C) groups is 1. The van der Waals surface area contributed by atoms with Gasteiger partial charge in [-0.15, -0.1) is 0 Å². The lowest BCUT2D eigenvalue weighted by Gasteiger charge is -2.31. The quantitative estimate of drug-likeness (QED) is 0.712. The molecule has 2 rings (SSSR count). The Morgan fingerprint density at radius 2 is 2.12 bits per heavy atom. The molecule has 0 bridgehead atoms. The highest BCUT2D eigenvalue weighted by atomic mass is 19.4. The molecule has 1 atom stereocenters. The zero-order chi connectivity index (χ0) is 12.0. The predicted octanol–water partition coefficient (Wildman–Crippen LogP) is 1.55. The standard InChI is InChI=1S/C9H8F3N3O/c1-5-7-6(2-3-13-5)14-4-15-8(7,16)9(10,11)12/h2-4,16H,1H3,(H,14,15)/t8-/m0/s1. The maximum Gasteiger partial charge on any atom is 0.443 e. The van der Waals surface area contributed by atoms with E-state index in [0.717, 1.165) is 6.34 Å². The van der Waals surface area contributed by atoms with Gasteiger partial charge >= 0.3 is 6.18 Å². The molecule has 0 spiro atoms. The van der Waals surface area contributed by atoms with Crippen molar-refractivity contribution in [2.75, 3.05) is 5.32 Å². The number of alkyl halides is 3. The molecule has 0 radical (unpaired) electrons. The van der Waals surface area contributed by atoms with Crippen LogP contribution in [0.2, 0.25) is 0 Å². The summed E-state index contributed by atoms with van der Waals surface area (Å²) in [6.07, 6.45) is -2.69. The molecule has 1 aliphatic rings. The van der Waals surface area contributed by atoms with E-state index in [4.69, 9.17) is 0 Å². The Kier molecular flexibility index (Phi) is 2.16.